The molecule has 3 nitrogen and oxygen atoms in total. The van der Waals surface area contributed by atoms with Crippen LogP contribution in [0.3, 0.4) is 0 Å². The summed E-state index contributed by atoms with van der Waals surface area (Å²) in [5.74, 6) is -0.0991. The largest absolute Gasteiger partial charge is 0.300 e. The van der Waals surface area contributed by atoms with Crippen LogP contribution in [0.15, 0.2) is 18.2 Å². The van der Waals surface area contributed by atoms with E-state index in [-0.39, 0.29) is 17.6 Å². The summed E-state index contributed by atoms with van der Waals surface area (Å²) < 4.78 is 13.9. The molecule has 0 aliphatic carbocycles. The van der Waals surface area contributed by atoms with Crippen LogP contribution in [0, 0.1) is 17.1 Å². The van der Waals surface area contributed by atoms with Crippen LogP contribution in [0.25, 0.3) is 0 Å². The molecule has 1 aliphatic heterocycles. The summed E-state index contributed by atoms with van der Waals surface area (Å²) in [7, 11) is 0. The molecule has 1 heterocycles. The molecule has 1 aliphatic rings. The molecule has 1 atom stereocenters. The van der Waals surface area contributed by atoms with Crippen molar-refractivity contribution in [1.29, 1.82) is 5.26 Å². The Morgan fingerprint density at radius 2 is 2.24 bits per heavy atom. The zero-order chi connectivity index (χ0) is 15.2. The second-order valence-corrected chi connectivity index (χ2v) is 5.80. The maximum atomic E-state index is 13.9. The Labute approximate surface area is 125 Å². The van der Waals surface area contributed by atoms with Crippen molar-refractivity contribution in [2.45, 2.75) is 51.6 Å². The van der Waals surface area contributed by atoms with E-state index in [2.05, 4.69) is 4.90 Å². The Morgan fingerprint density at radius 1 is 1.43 bits per heavy atom. The smallest absolute Gasteiger partial charge is 0.131 e. The van der Waals surface area contributed by atoms with Gasteiger partial charge < -0.3 is 0 Å². The van der Waals surface area contributed by atoms with Crippen molar-refractivity contribution in [3.05, 3.63) is 35.1 Å². The Hall–Kier alpha value is -1.73. The summed E-state index contributed by atoms with van der Waals surface area (Å²) in [6.07, 6.45) is 4.87. The first kappa shape index (κ1) is 15.7. The van der Waals surface area contributed by atoms with Crippen LogP contribution in [0.5, 0.6) is 0 Å². The third-order valence-electron chi connectivity index (χ3n) is 4.07. The number of carbonyl (C=O) groups excluding carboxylic acids is 1. The monoisotopic (exact) mass is 288 g/mol. The van der Waals surface area contributed by atoms with Crippen molar-refractivity contribution in [3.8, 4) is 6.07 Å². The van der Waals surface area contributed by atoms with Crippen LogP contribution >= 0.6 is 0 Å². The van der Waals surface area contributed by atoms with Crippen molar-refractivity contribution >= 4 is 5.78 Å². The lowest BCUT2D eigenvalue weighted by Crippen LogP contribution is -2.36. The van der Waals surface area contributed by atoms with Crippen molar-refractivity contribution in [2.24, 2.45) is 0 Å². The van der Waals surface area contributed by atoms with Crippen LogP contribution in [0.2, 0.25) is 0 Å². The lowest BCUT2D eigenvalue weighted by Gasteiger charge is -2.29. The molecule has 0 saturated carbocycles. The molecule has 0 amide bonds. The number of nitriles is 1. The van der Waals surface area contributed by atoms with Gasteiger partial charge in [0.1, 0.15) is 11.6 Å². The zero-order valence-corrected chi connectivity index (χ0v) is 12.4. The lowest BCUT2D eigenvalue weighted by molar-refractivity contribution is -0.118. The molecular formula is C17H21FN2O. The number of hydrogen-bond donors (Lipinski definition) is 0. The normalized spacial score (nSPS) is 19.8. The summed E-state index contributed by atoms with van der Waals surface area (Å²) >= 11 is 0. The minimum atomic E-state index is -0.278. The highest BCUT2D eigenvalue weighted by molar-refractivity contribution is 5.76. The SMILES string of the molecule is CC(=O)CC1CCCCCN1Cc1cc(C#N)ccc1F. The topological polar surface area (TPSA) is 44.1 Å². The molecule has 1 aromatic carbocycles. The predicted molar refractivity (Wildman–Crippen MR) is 79.1 cm³/mol. The van der Waals surface area contributed by atoms with Gasteiger partial charge in [-0.2, -0.15) is 5.26 Å². The molecule has 112 valence electrons. The first-order valence-corrected chi connectivity index (χ1v) is 7.52. The molecule has 0 radical (unpaired) electrons. The molecule has 21 heavy (non-hydrogen) atoms. The van der Waals surface area contributed by atoms with Gasteiger partial charge in [-0.15, -0.1) is 0 Å². The molecule has 0 aromatic heterocycles. The lowest BCUT2D eigenvalue weighted by atomic mass is 10.0. The summed E-state index contributed by atoms with van der Waals surface area (Å²) in [4.78, 5) is 13.6. The number of likely N-dealkylation sites (tertiary alicyclic amines) is 1. The fourth-order valence-corrected chi connectivity index (χ4v) is 2.99. The first-order chi connectivity index (χ1) is 10.1. The molecule has 0 spiro atoms. The number of rotatable bonds is 4. The van der Waals surface area contributed by atoms with E-state index in [0.29, 0.717) is 24.1 Å². The van der Waals surface area contributed by atoms with E-state index in [1.807, 2.05) is 6.07 Å². The van der Waals surface area contributed by atoms with Crippen LogP contribution in [-0.2, 0) is 11.3 Å². The van der Waals surface area contributed by atoms with Crippen LogP contribution in [0.1, 0.15) is 50.2 Å². The van der Waals surface area contributed by atoms with E-state index >= 15 is 0 Å². The third-order valence-corrected chi connectivity index (χ3v) is 4.07. The van der Waals surface area contributed by atoms with Crippen LogP contribution < -0.4 is 0 Å². The molecule has 1 saturated heterocycles. The number of carbonyl (C=O) groups is 1. The molecule has 1 aromatic rings. The maximum Gasteiger partial charge on any atom is 0.131 e. The van der Waals surface area contributed by atoms with Crippen molar-refractivity contribution in [3.63, 3.8) is 0 Å². The number of halogens is 1. The highest BCUT2D eigenvalue weighted by Gasteiger charge is 2.23. The number of nitrogens with zero attached hydrogens (tertiary/aromatic N) is 2. The van der Waals surface area contributed by atoms with Crippen LogP contribution in [-0.4, -0.2) is 23.3 Å². The quantitative estimate of drug-likeness (QED) is 0.852. The fraction of sp³-hybridized carbons (Fsp3) is 0.529. The van der Waals surface area contributed by atoms with Gasteiger partial charge in [0.05, 0.1) is 11.6 Å². The van der Waals surface area contributed by atoms with E-state index < -0.39 is 0 Å². The Balaban J connectivity index is 2.17. The molecule has 1 fully saturated rings. The van der Waals surface area contributed by atoms with E-state index in [1.165, 1.54) is 12.1 Å². The Bertz CT molecular complexity index is 550. The summed E-state index contributed by atoms with van der Waals surface area (Å²) in [6.45, 7) is 2.97. The Kier molecular flexibility index (Phi) is 5.46. The van der Waals surface area contributed by atoms with Crippen molar-refractivity contribution in [1.82, 2.24) is 4.90 Å². The standard InChI is InChI=1S/C17H21FN2O/c1-13(21)9-16-5-3-2-4-8-20(16)12-15-10-14(11-19)6-7-17(15)18/h6-7,10,16H,2-5,8-9,12H2,1H3. The second-order valence-electron chi connectivity index (χ2n) is 5.80. The molecule has 2 rings (SSSR count). The number of ketones is 1. The predicted octanol–water partition coefficient (Wildman–Crippen LogP) is 3.42. The van der Waals surface area contributed by atoms with E-state index in [0.717, 1.165) is 32.2 Å². The van der Waals surface area contributed by atoms with Crippen molar-refractivity contribution in [2.75, 3.05) is 6.54 Å². The van der Waals surface area contributed by atoms with Gasteiger partial charge in [0.2, 0.25) is 0 Å². The van der Waals surface area contributed by atoms with Crippen molar-refractivity contribution < 1.29 is 9.18 Å². The highest BCUT2D eigenvalue weighted by Crippen LogP contribution is 2.23. The summed E-state index contributed by atoms with van der Waals surface area (Å²) in [5, 5.41) is 8.94. The van der Waals surface area contributed by atoms with Crippen LogP contribution in [0.4, 0.5) is 4.39 Å². The van der Waals surface area contributed by atoms with Gasteiger partial charge in [-0.3, -0.25) is 9.69 Å². The zero-order valence-electron chi connectivity index (χ0n) is 12.4. The Morgan fingerprint density at radius 3 is 2.95 bits per heavy atom. The second kappa shape index (κ2) is 7.33. The van der Waals surface area contributed by atoms with Gasteiger partial charge in [0, 0.05) is 24.6 Å². The van der Waals surface area contributed by atoms with Gasteiger partial charge in [-0.25, -0.2) is 4.39 Å². The molecule has 1 unspecified atom stereocenters. The number of hydrogen-bond acceptors (Lipinski definition) is 3. The van der Waals surface area contributed by atoms with E-state index in [4.69, 9.17) is 5.26 Å². The molecule has 0 N–H and O–H groups in total. The van der Waals surface area contributed by atoms with Gasteiger partial charge >= 0.3 is 0 Å². The third kappa shape index (κ3) is 4.37. The minimum Gasteiger partial charge on any atom is -0.300 e. The van der Waals surface area contributed by atoms with Gasteiger partial charge in [-0.1, -0.05) is 12.8 Å². The summed E-state index contributed by atoms with van der Waals surface area (Å²) in [6, 6.07) is 6.70. The minimum absolute atomic E-state index is 0.179. The molecular weight excluding hydrogens is 267 g/mol. The summed E-state index contributed by atoms with van der Waals surface area (Å²) in [5.41, 5.74) is 1.02. The molecule has 4 heteroatoms. The van der Waals surface area contributed by atoms with Gasteiger partial charge in [0.15, 0.2) is 0 Å². The van der Waals surface area contributed by atoms with E-state index in [9.17, 15) is 9.18 Å². The van der Waals surface area contributed by atoms with E-state index in [1.54, 1.807) is 13.0 Å². The average molecular weight is 288 g/mol. The fourth-order valence-electron chi connectivity index (χ4n) is 2.99. The first-order valence-electron chi connectivity index (χ1n) is 7.52. The number of benzene rings is 1. The van der Waals surface area contributed by atoms with Gasteiger partial charge in [0.25, 0.3) is 0 Å². The van der Waals surface area contributed by atoms with Gasteiger partial charge in [-0.05, 0) is 44.5 Å². The average Bonchev–Trinajstić information content (AvgIpc) is 2.66. The highest BCUT2D eigenvalue weighted by atomic mass is 19.1. The molecule has 0 bridgehead atoms. The number of Topliss-reactive ketones (excluding diaryl/α,β-unsaturated/α-hetero) is 1. The maximum absolute atomic E-state index is 13.9.